The number of aliphatic hydroxyl groups is 1. The van der Waals surface area contributed by atoms with E-state index in [1.54, 1.807) is 58.1 Å². The van der Waals surface area contributed by atoms with Crippen LogP contribution >= 0.6 is 34.7 Å². The Kier molecular flexibility index (Phi) is 13.2. The zero-order valence-corrected chi connectivity index (χ0v) is 31.8. The maximum Gasteiger partial charge on any atom is 0.352 e. The zero-order valence-electron chi connectivity index (χ0n) is 29.4. The second-order valence-corrected chi connectivity index (χ2v) is 14.3. The molecule has 0 spiro atoms. The molecule has 0 radical (unpaired) electrons. The van der Waals surface area contributed by atoms with Crippen LogP contribution in [-0.2, 0) is 25.8 Å². The van der Waals surface area contributed by atoms with Gasteiger partial charge in [0.1, 0.15) is 22.3 Å². The van der Waals surface area contributed by atoms with Crippen molar-refractivity contribution in [1.29, 1.82) is 0 Å². The molecule has 0 saturated carbocycles. The fourth-order valence-electron chi connectivity index (χ4n) is 6.24. The van der Waals surface area contributed by atoms with Crippen molar-refractivity contribution in [3.8, 4) is 5.75 Å². The predicted octanol–water partition coefficient (Wildman–Crippen LogP) is 8.66. The van der Waals surface area contributed by atoms with Crippen molar-refractivity contribution >= 4 is 74.6 Å². The molecule has 1 aliphatic rings. The average Bonchev–Trinajstić information content (AvgIpc) is 3.61. The van der Waals surface area contributed by atoms with E-state index in [0.717, 1.165) is 42.3 Å². The van der Waals surface area contributed by atoms with Gasteiger partial charge in [0, 0.05) is 63.2 Å². The van der Waals surface area contributed by atoms with Crippen LogP contribution in [0.15, 0.2) is 58.2 Å². The molecule has 8 bridgehead atoms. The molecule has 13 heteroatoms. The van der Waals surface area contributed by atoms with Crippen molar-refractivity contribution in [3.63, 3.8) is 0 Å². The van der Waals surface area contributed by atoms with Gasteiger partial charge in [0.05, 0.1) is 36.7 Å². The summed E-state index contributed by atoms with van der Waals surface area (Å²) in [6.45, 7) is 9.15. The molecule has 0 saturated heterocycles. The Morgan fingerprint density at radius 3 is 2.73 bits per heavy atom. The van der Waals surface area contributed by atoms with Crippen molar-refractivity contribution in [1.82, 2.24) is 19.9 Å². The Morgan fingerprint density at radius 1 is 1.20 bits per heavy atom. The molecule has 51 heavy (non-hydrogen) atoms. The van der Waals surface area contributed by atoms with E-state index in [0.29, 0.717) is 65.7 Å². The van der Waals surface area contributed by atoms with Crippen LogP contribution in [-0.4, -0.2) is 63.3 Å². The largest absolute Gasteiger partial charge is 0.493 e. The van der Waals surface area contributed by atoms with Crippen molar-refractivity contribution in [2.45, 2.75) is 57.7 Å². The van der Waals surface area contributed by atoms with E-state index in [1.807, 2.05) is 52.0 Å². The second kappa shape index (κ2) is 17.5. The average molecular weight is 752 g/mol. The van der Waals surface area contributed by atoms with E-state index >= 15 is 0 Å². The number of carboxylic acid groups (broad SMARTS) is 1. The molecule has 3 aromatic carbocycles. The number of aromatic carboxylic acids is 1. The maximum absolute atomic E-state index is 14.3. The first kappa shape index (κ1) is 38.3. The van der Waals surface area contributed by atoms with Gasteiger partial charge in [-0.3, -0.25) is 5.01 Å². The van der Waals surface area contributed by atoms with Gasteiger partial charge in [-0.1, -0.05) is 31.5 Å². The molecule has 0 unspecified atom stereocenters. The fourth-order valence-corrected chi connectivity index (χ4v) is 8.60. The maximum atomic E-state index is 14.3. The van der Waals surface area contributed by atoms with Gasteiger partial charge in [-0.25, -0.2) is 14.2 Å². The second-order valence-electron chi connectivity index (χ2n) is 11.7. The minimum absolute atomic E-state index is 0.119. The van der Waals surface area contributed by atoms with Gasteiger partial charge in [0.25, 0.3) is 0 Å². The van der Waals surface area contributed by atoms with E-state index in [4.69, 9.17) is 21.3 Å². The van der Waals surface area contributed by atoms with Crippen LogP contribution in [0.3, 0.4) is 0 Å². The molecular weight excluding hydrogens is 709 g/mol. The van der Waals surface area contributed by atoms with Crippen molar-refractivity contribution in [2.75, 3.05) is 26.3 Å². The number of carboxylic acids is 1. The lowest BCUT2D eigenvalue weighted by molar-refractivity contribution is 0.0685. The molecule has 1 aliphatic heterocycles. The first-order chi connectivity index (χ1) is 24.7. The van der Waals surface area contributed by atoms with Crippen LogP contribution in [0, 0.1) is 12.7 Å². The van der Waals surface area contributed by atoms with Crippen molar-refractivity contribution < 1.29 is 24.1 Å². The number of thioether (sulfide) groups is 1. The molecule has 6 rings (SSSR count). The van der Waals surface area contributed by atoms with Gasteiger partial charge in [0.2, 0.25) is 0 Å². The fraction of sp³-hybridized carbons (Fsp3) is 0.342. The molecule has 0 amide bonds. The van der Waals surface area contributed by atoms with E-state index in [2.05, 4.69) is 10.4 Å². The quantitative estimate of drug-likeness (QED) is 0.121. The smallest absolute Gasteiger partial charge is 0.352 e. The molecule has 9 nitrogen and oxygen atoms in total. The lowest BCUT2D eigenvalue weighted by Crippen LogP contribution is -2.28. The first-order valence-electron chi connectivity index (χ1n) is 16.9. The Morgan fingerprint density at radius 2 is 1.98 bits per heavy atom. The summed E-state index contributed by atoms with van der Waals surface area (Å²) in [5, 5.41) is 33.7. The van der Waals surface area contributed by atoms with Gasteiger partial charge in [-0.15, -0.1) is 23.1 Å². The molecule has 0 atom stereocenters. The summed E-state index contributed by atoms with van der Waals surface area (Å²) in [4.78, 5) is 19.6. The number of aryl methyl sites for hydroxylation is 3. The summed E-state index contributed by atoms with van der Waals surface area (Å²) in [6, 6.07) is 12.3. The number of nitrogens with zero attached hydrogens (tertiary/aromatic N) is 4. The van der Waals surface area contributed by atoms with Crippen LogP contribution < -0.4 is 10.1 Å². The summed E-state index contributed by atoms with van der Waals surface area (Å²) in [5.74, 6) is -0.00268. The molecule has 0 fully saturated rings. The van der Waals surface area contributed by atoms with Gasteiger partial charge in [0.15, 0.2) is 0 Å². The highest BCUT2D eigenvalue weighted by Crippen LogP contribution is 2.37. The number of nitrogens with one attached hydrogen (secondary N) is 1. The zero-order chi connectivity index (χ0) is 36.7. The Labute approximate surface area is 310 Å². The molecule has 2 aromatic heterocycles. The number of rotatable bonds is 5. The van der Waals surface area contributed by atoms with E-state index in [9.17, 15) is 19.4 Å². The molecule has 3 heterocycles. The third-order valence-electron chi connectivity index (χ3n) is 8.43. The Balaban J connectivity index is 0.00000248. The van der Waals surface area contributed by atoms with Crippen LogP contribution in [0.5, 0.6) is 5.75 Å². The minimum Gasteiger partial charge on any atom is -0.493 e. The number of thiazole rings is 1. The molecule has 3 N–H and O–H groups in total. The summed E-state index contributed by atoms with van der Waals surface area (Å²) in [7, 11) is 1.74. The number of halogens is 2. The minimum atomic E-state index is -1.04. The highest BCUT2D eigenvalue weighted by atomic mass is 35.5. The predicted molar refractivity (Wildman–Crippen MR) is 208 cm³/mol. The lowest BCUT2D eigenvalue weighted by Gasteiger charge is -2.22. The number of hydrazone groups is 1. The van der Waals surface area contributed by atoms with E-state index in [-0.39, 0.29) is 24.7 Å². The van der Waals surface area contributed by atoms with Crippen molar-refractivity contribution in [2.24, 2.45) is 12.1 Å². The standard InChI is InChI=1S/C36H37ClFN5O4S2.C2H6/c1-4-40-43(11-12-44)24-16-29-30(37)10-9-28-27(35(36(45)46)42(3)34(28)29)6-5-13-47-31-17-25(15-22-14-23(38)7-8-26(22)31)48-20-32-21(2)41-33(49-32)19-39-18-24;1-2/h4,7-10,14-17,39,44H,5-6,11-13,18-20H2,1-3H3,(H,45,46);1-2H3/b24-16+,40-4+;. The topological polar surface area (TPSA) is 112 Å². The number of fused-ring (bicyclic) bond motifs is 6. The van der Waals surface area contributed by atoms with Crippen LogP contribution in [0.4, 0.5) is 4.39 Å². The normalized spacial score (nSPS) is 15.2. The SMILES string of the molecule is C/C=N/N(CCO)/C1=C/c2c(Cl)ccc3c(c(C(=O)O)n(C)c23)CCCOc2cc(cc3cc(F)ccc23)SCc2sc(nc2C)CNC1.CC. The summed E-state index contributed by atoms with van der Waals surface area (Å²) < 4.78 is 22.3. The van der Waals surface area contributed by atoms with Crippen LogP contribution in [0.25, 0.3) is 27.8 Å². The number of carbonyl (C=O) groups is 1. The van der Waals surface area contributed by atoms with Gasteiger partial charge < -0.3 is 24.8 Å². The summed E-state index contributed by atoms with van der Waals surface area (Å²) in [6.07, 6.45) is 4.56. The van der Waals surface area contributed by atoms with E-state index in [1.165, 1.54) is 12.1 Å². The monoisotopic (exact) mass is 751 g/mol. The van der Waals surface area contributed by atoms with Crippen molar-refractivity contribution in [3.05, 3.63) is 91.4 Å². The molecule has 5 aromatic rings. The number of hydrogen-bond donors (Lipinski definition) is 3. The van der Waals surface area contributed by atoms with Gasteiger partial charge >= 0.3 is 5.97 Å². The summed E-state index contributed by atoms with van der Waals surface area (Å²) in [5.41, 5.74) is 3.92. The number of hydrogen-bond acceptors (Lipinski definition) is 9. The summed E-state index contributed by atoms with van der Waals surface area (Å²) >= 11 is 10.1. The van der Waals surface area contributed by atoms with Crippen LogP contribution in [0.1, 0.15) is 64.4 Å². The Bertz CT molecular complexity index is 2090. The number of aromatic nitrogens is 2. The third kappa shape index (κ3) is 8.58. The number of aliphatic hydroxyl groups excluding tert-OH is 1. The molecule has 270 valence electrons. The molecular formula is C38H43ClFN5O4S2. The lowest BCUT2D eigenvalue weighted by atomic mass is 10.0. The Hall–Kier alpha value is -3.94. The third-order valence-corrected chi connectivity index (χ3v) is 11.1. The molecule has 0 aliphatic carbocycles. The van der Waals surface area contributed by atoms with E-state index < -0.39 is 5.97 Å². The first-order valence-corrected chi connectivity index (χ1v) is 19.1. The number of ether oxygens (including phenoxy) is 1. The highest BCUT2D eigenvalue weighted by Gasteiger charge is 2.24. The van der Waals surface area contributed by atoms with Crippen LogP contribution in [0.2, 0.25) is 5.02 Å². The number of benzene rings is 3. The van der Waals surface area contributed by atoms with Gasteiger partial charge in [-0.05, 0) is 80.1 Å². The van der Waals surface area contributed by atoms with Gasteiger partial charge in [-0.2, -0.15) is 5.10 Å². The highest BCUT2D eigenvalue weighted by molar-refractivity contribution is 7.98.